The van der Waals surface area contributed by atoms with Gasteiger partial charge in [-0.1, -0.05) is 112 Å². The molecule has 0 aliphatic rings. The molecule has 0 radical (unpaired) electrons. The summed E-state index contributed by atoms with van der Waals surface area (Å²) in [5, 5.41) is 30.0. The Balaban J connectivity index is 1.91. The lowest BCUT2D eigenvalue weighted by atomic mass is 10.1. The maximum Gasteiger partial charge on any atom is 0.166 e. The van der Waals surface area contributed by atoms with E-state index in [-0.39, 0.29) is 22.7 Å². The standard InChI is InChI=1S/C30H33NO2P2/c1-22(23-14-8-5-9-15-23)31-35(30(2,3)4)27-21-20-26(32)28(33)29(27)34(24-16-10-6-11-17-24)25-18-12-7-13-19-25/h5-22,31-33H,1-4H3/t22-,35?/m0/s1. The van der Waals surface area contributed by atoms with Crippen LogP contribution in [0.25, 0.3) is 0 Å². The molecule has 4 aromatic rings. The van der Waals surface area contributed by atoms with Gasteiger partial charge in [-0.05, 0) is 48.3 Å². The number of hydrogen-bond donors (Lipinski definition) is 3. The maximum absolute atomic E-state index is 11.4. The third-order valence-corrected chi connectivity index (χ3v) is 11.4. The molecule has 4 aromatic carbocycles. The van der Waals surface area contributed by atoms with Gasteiger partial charge in [0.2, 0.25) is 0 Å². The smallest absolute Gasteiger partial charge is 0.166 e. The van der Waals surface area contributed by atoms with Crippen LogP contribution in [0.3, 0.4) is 0 Å². The Labute approximate surface area is 211 Å². The van der Waals surface area contributed by atoms with E-state index in [1.165, 1.54) is 5.56 Å². The summed E-state index contributed by atoms with van der Waals surface area (Å²) >= 11 is 0. The molecule has 4 rings (SSSR count). The van der Waals surface area contributed by atoms with E-state index in [1.807, 2.05) is 48.5 Å². The van der Waals surface area contributed by atoms with Gasteiger partial charge in [-0.3, -0.25) is 5.09 Å². The van der Waals surface area contributed by atoms with Gasteiger partial charge in [0.25, 0.3) is 0 Å². The molecule has 0 aromatic heterocycles. The molecule has 5 heteroatoms. The highest BCUT2D eigenvalue weighted by Crippen LogP contribution is 2.50. The van der Waals surface area contributed by atoms with Crippen LogP contribution in [-0.2, 0) is 0 Å². The van der Waals surface area contributed by atoms with Gasteiger partial charge in [0.1, 0.15) is 0 Å². The van der Waals surface area contributed by atoms with Gasteiger partial charge >= 0.3 is 0 Å². The summed E-state index contributed by atoms with van der Waals surface area (Å²) in [4.78, 5) is 0. The SMILES string of the molecule is C[C@H](NP(c1ccc(O)c(O)c1P(c1ccccc1)c1ccccc1)C(C)(C)C)c1ccccc1. The summed E-state index contributed by atoms with van der Waals surface area (Å²) in [5.74, 6) is -0.102. The normalized spacial score (nSPS) is 13.5. The maximum atomic E-state index is 11.4. The molecule has 0 saturated heterocycles. The minimum atomic E-state index is -1.10. The van der Waals surface area contributed by atoms with Crippen molar-refractivity contribution in [1.29, 1.82) is 0 Å². The molecule has 35 heavy (non-hydrogen) atoms. The van der Waals surface area contributed by atoms with Crippen LogP contribution in [0, 0.1) is 0 Å². The lowest BCUT2D eigenvalue weighted by Gasteiger charge is -2.37. The van der Waals surface area contributed by atoms with E-state index < -0.39 is 16.0 Å². The summed E-state index contributed by atoms with van der Waals surface area (Å²) in [6.45, 7) is 8.91. The van der Waals surface area contributed by atoms with Crippen molar-refractivity contribution in [2.24, 2.45) is 0 Å². The van der Waals surface area contributed by atoms with Crippen LogP contribution < -0.4 is 26.3 Å². The monoisotopic (exact) mass is 501 g/mol. The Hall–Kier alpha value is -2.70. The van der Waals surface area contributed by atoms with Crippen LogP contribution in [0.1, 0.15) is 39.3 Å². The first-order valence-electron chi connectivity index (χ1n) is 11.8. The number of rotatable bonds is 7. The van der Waals surface area contributed by atoms with E-state index in [1.54, 1.807) is 6.07 Å². The van der Waals surface area contributed by atoms with Crippen molar-refractivity contribution in [1.82, 2.24) is 5.09 Å². The van der Waals surface area contributed by atoms with Crippen LogP contribution in [0.5, 0.6) is 11.5 Å². The third kappa shape index (κ3) is 5.76. The average molecular weight is 502 g/mol. The first-order chi connectivity index (χ1) is 16.8. The fourth-order valence-corrected chi connectivity index (χ4v) is 9.47. The van der Waals surface area contributed by atoms with Crippen LogP contribution in [0.2, 0.25) is 0 Å². The molecule has 3 N–H and O–H groups in total. The largest absolute Gasteiger partial charge is 0.504 e. The second-order valence-electron chi connectivity index (χ2n) is 9.58. The van der Waals surface area contributed by atoms with Crippen molar-refractivity contribution in [2.45, 2.75) is 38.9 Å². The molecule has 3 nitrogen and oxygen atoms in total. The van der Waals surface area contributed by atoms with Gasteiger partial charge in [-0.2, -0.15) is 0 Å². The van der Waals surface area contributed by atoms with Gasteiger partial charge in [0.05, 0.1) is 0 Å². The molecule has 0 saturated carbocycles. The molecule has 0 heterocycles. The lowest BCUT2D eigenvalue weighted by Crippen LogP contribution is -2.38. The zero-order valence-electron chi connectivity index (χ0n) is 20.7. The Morgan fingerprint density at radius 3 is 1.66 bits per heavy atom. The van der Waals surface area contributed by atoms with Crippen molar-refractivity contribution in [3.63, 3.8) is 0 Å². The zero-order chi connectivity index (χ0) is 25.0. The van der Waals surface area contributed by atoms with E-state index >= 15 is 0 Å². The summed E-state index contributed by atoms with van der Waals surface area (Å²) in [5.41, 5.74) is 1.22. The fourth-order valence-electron chi connectivity index (χ4n) is 4.16. The molecular weight excluding hydrogens is 468 g/mol. The highest BCUT2D eigenvalue weighted by Gasteiger charge is 2.34. The molecule has 1 unspecified atom stereocenters. The Bertz CT molecular complexity index is 1200. The van der Waals surface area contributed by atoms with Gasteiger partial charge in [0, 0.05) is 24.7 Å². The molecule has 0 spiro atoms. The number of aromatic hydroxyl groups is 2. The second-order valence-corrected chi connectivity index (χ2v) is 14.5. The van der Waals surface area contributed by atoms with Gasteiger partial charge in [-0.25, -0.2) is 0 Å². The van der Waals surface area contributed by atoms with Gasteiger partial charge in [0.15, 0.2) is 11.5 Å². The average Bonchev–Trinajstić information content (AvgIpc) is 2.87. The van der Waals surface area contributed by atoms with Crippen molar-refractivity contribution in [3.05, 3.63) is 109 Å². The number of hydrogen-bond acceptors (Lipinski definition) is 3. The Morgan fingerprint density at radius 2 is 1.17 bits per heavy atom. The number of benzene rings is 4. The van der Waals surface area contributed by atoms with Crippen molar-refractivity contribution >= 4 is 37.2 Å². The van der Waals surface area contributed by atoms with Gasteiger partial charge in [-0.15, -0.1) is 0 Å². The second kappa shape index (κ2) is 10.9. The zero-order valence-corrected chi connectivity index (χ0v) is 22.5. The molecule has 0 amide bonds. The van der Waals surface area contributed by atoms with Gasteiger partial charge < -0.3 is 10.2 Å². The summed E-state index contributed by atoms with van der Waals surface area (Å²) in [6, 6.07) is 34.9. The summed E-state index contributed by atoms with van der Waals surface area (Å²) in [7, 11) is -2.02. The number of phenolic OH excluding ortho intramolecular Hbond substituents is 2. The van der Waals surface area contributed by atoms with E-state index in [4.69, 9.17) is 0 Å². The van der Waals surface area contributed by atoms with Crippen LogP contribution >= 0.6 is 16.0 Å². The fraction of sp³-hybridized carbons (Fsp3) is 0.200. The minimum Gasteiger partial charge on any atom is -0.504 e. The highest BCUT2D eigenvalue weighted by molar-refractivity contribution is 7.82. The van der Waals surface area contributed by atoms with E-state index in [0.717, 1.165) is 21.2 Å². The lowest BCUT2D eigenvalue weighted by molar-refractivity contribution is 0.407. The van der Waals surface area contributed by atoms with Crippen LogP contribution in [-0.4, -0.2) is 15.4 Å². The minimum absolute atomic E-state index is 0.0211. The van der Waals surface area contributed by atoms with Crippen LogP contribution in [0.15, 0.2) is 103 Å². The molecule has 2 atom stereocenters. The molecule has 180 valence electrons. The number of phenols is 2. The van der Waals surface area contributed by atoms with Crippen molar-refractivity contribution in [3.8, 4) is 11.5 Å². The molecule has 0 aliphatic carbocycles. The first kappa shape index (κ1) is 25.4. The molecule has 0 aliphatic heterocycles. The summed E-state index contributed by atoms with van der Waals surface area (Å²) in [6.07, 6.45) is 0. The van der Waals surface area contributed by atoms with Crippen molar-refractivity contribution < 1.29 is 10.2 Å². The third-order valence-electron chi connectivity index (χ3n) is 5.90. The van der Waals surface area contributed by atoms with Crippen molar-refractivity contribution in [2.75, 3.05) is 0 Å². The van der Waals surface area contributed by atoms with Crippen LogP contribution in [0.4, 0.5) is 0 Å². The van der Waals surface area contributed by atoms with E-state index in [2.05, 4.69) is 81.3 Å². The summed E-state index contributed by atoms with van der Waals surface area (Å²) < 4.78 is 0. The van der Waals surface area contributed by atoms with E-state index in [0.29, 0.717) is 0 Å². The number of nitrogens with one attached hydrogen (secondary N) is 1. The predicted molar refractivity (Wildman–Crippen MR) is 153 cm³/mol. The Kier molecular flexibility index (Phi) is 7.92. The first-order valence-corrected chi connectivity index (χ1v) is 14.5. The Morgan fingerprint density at radius 1 is 0.686 bits per heavy atom. The predicted octanol–water partition coefficient (Wildman–Crippen LogP) is 6.03. The topological polar surface area (TPSA) is 52.5 Å². The molecular formula is C30H33NO2P2. The molecule has 0 bridgehead atoms. The van der Waals surface area contributed by atoms with E-state index in [9.17, 15) is 10.2 Å². The molecule has 0 fully saturated rings. The highest BCUT2D eigenvalue weighted by atomic mass is 31.1. The quantitative estimate of drug-likeness (QED) is 0.214.